The van der Waals surface area contributed by atoms with Gasteiger partial charge >= 0.3 is 0 Å². The first kappa shape index (κ1) is 33.4. The smallest absolute Gasteiger partial charge is 0.0714 e. The van der Waals surface area contributed by atoms with Crippen molar-refractivity contribution in [2.75, 3.05) is 4.90 Å². The average molecular weight is 774 g/mol. The Bertz CT molecular complexity index is 3300. The van der Waals surface area contributed by atoms with Crippen LogP contribution in [0.2, 0.25) is 0 Å². The molecule has 0 fully saturated rings. The lowest BCUT2D eigenvalue weighted by molar-refractivity contribution is 0.768. The molecular weight excluding hydrogens is 739 g/mol. The third kappa shape index (κ3) is 4.81. The van der Waals surface area contributed by atoms with Crippen LogP contribution in [0.5, 0.6) is 0 Å². The summed E-state index contributed by atoms with van der Waals surface area (Å²) in [6.45, 7) is 0. The molecule has 1 aliphatic carbocycles. The van der Waals surface area contributed by atoms with E-state index in [4.69, 9.17) is 0 Å². The summed E-state index contributed by atoms with van der Waals surface area (Å²) in [6, 6.07) is 78.5. The lowest BCUT2D eigenvalue weighted by Crippen LogP contribution is -2.28. The van der Waals surface area contributed by atoms with Crippen LogP contribution < -0.4 is 4.90 Å². The summed E-state index contributed by atoms with van der Waals surface area (Å²) in [5.74, 6) is 0. The zero-order chi connectivity index (χ0) is 38.2. The van der Waals surface area contributed by atoms with Crippen molar-refractivity contribution in [1.82, 2.24) is 0 Å². The lowest BCUT2D eigenvalue weighted by Gasteiger charge is -2.34. The predicted octanol–water partition coefficient (Wildman–Crippen LogP) is 15.9. The van der Waals surface area contributed by atoms with Gasteiger partial charge in [-0.25, -0.2) is 0 Å². The van der Waals surface area contributed by atoms with Gasteiger partial charge < -0.3 is 4.90 Å². The molecule has 2 heterocycles. The van der Waals surface area contributed by atoms with Crippen LogP contribution in [-0.4, -0.2) is 0 Å². The fourth-order valence-electron chi connectivity index (χ4n) is 9.77. The highest BCUT2D eigenvalue weighted by molar-refractivity contribution is 7.30. The highest BCUT2D eigenvalue weighted by Crippen LogP contribution is 2.59. The molecule has 0 radical (unpaired) electrons. The first-order chi connectivity index (χ1) is 28.8. The second-order valence-electron chi connectivity index (χ2n) is 15.1. The predicted molar refractivity (Wildman–Crippen MR) is 250 cm³/mol. The number of thiophene rings is 2. The Hall–Kier alpha value is -6.78. The van der Waals surface area contributed by atoms with Gasteiger partial charge in [0.1, 0.15) is 0 Å². The van der Waals surface area contributed by atoms with E-state index >= 15 is 0 Å². The molecule has 2 aromatic heterocycles. The van der Waals surface area contributed by atoms with Crippen LogP contribution in [0.4, 0.5) is 17.1 Å². The molecule has 9 aromatic carbocycles. The van der Waals surface area contributed by atoms with Gasteiger partial charge in [0.15, 0.2) is 0 Å². The number of hydrogen-bond acceptors (Lipinski definition) is 3. The van der Waals surface area contributed by atoms with E-state index < -0.39 is 5.41 Å². The number of rotatable bonds is 6. The molecule has 11 aromatic rings. The summed E-state index contributed by atoms with van der Waals surface area (Å²) >= 11 is 3.83. The number of fused-ring (bicyclic) bond motifs is 10. The van der Waals surface area contributed by atoms with E-state index in [-0.39, 0.29) is 0 Å². The van der Waals surface area contributed by atoms with Crippen molar-refractivity contribution in [1.29, 1.82) is 0 Å². The zero-order valence-corrected chi connectivity index (χ0v) is 33.1. The molecule has 3 heteroatoms. The van der Waals surface area contributed by atoms with Gasteiger partial charge in [-0.3, -0.25) is 0 Å². The number of benzene rings is 9. The number of anilines is 3. The molecule has 58 heavy (non-hydrogen) atoms. The van der Waals surface area contributed by atoms with Crippen molar-refractivity contribution in [3.05, 3.63) is 235 Å². The van der Waals surface area contributed by atoms with E-state index in [1.165, 1.54) is 84.9 Å². The van der Waals surface area contributed by atoms with Crippen molar-refractivity contribution in [2.45, 2.75) is 5.41 Å². The van der Waals surface area contributed by atoms with E-state index in [9.17, 15) is 0 Å². The Balaban J connectivity index is 1.09. The maximum Gasteiger partial charge on any atom is 0.0714 e. The molecule has 0 amide bonds. The van der Waals surface area contributed by atoms with Gasteiger partial charge in [-0.05, 0) is 81.4 Å². The summed E-state index contributed by atoms with van der Waals surface area (Å²) in [6.07, 6.45) is 0. The van der Waals surface area contributed by atoms with Crippen molar-refractivity contribution in [3.63, 3.8) is 0 Å². The second-order valence-corrected chi connectivity index (χ2v) is 17.3. The Morgan fingerprint density at radius 1 is 0.379 bits per heavy atom. The van der Waals surface area contributed by atoms with E-state index in [0.717, 1.165) is 17.1 Å². The molecule has 0 saturated heterocycles. The summed E-state index contributed by atoms with van der Waals surface area (Å²) in [7, 11) is 0. The van der Waals surface area contributed by atoms with E-state index in [1.54, 1.807) is 0 Å². The first-order valence-electron chi connectivity index (χ1n) is 19.8. The average Bonchev–Trinajstić information content (AvgIpc) is 3.96. The fourth-order valence-corrected chi connectivity index (χ4v) is 12.3. The van der Waals surface area contributed by atoms with Crippen molar-refractivity contribution in [3.8, 4) is 22.3 Å². The van der Waals surface area contributed by atoms with Crippen molar-refractivity contribution >= 4 is 80.1 Å². The Labute approximate surface area is 345 Å². The molecule has 1 nitrogen and oxygen atoms in total. The minimum atomic E-state index is -0.481. The van der Waals surface area contributed by atoms with Gasteiger partial charge in [0, 0.05) is 57.3 Å². The van der Waals surface area contributed by atoms with Crippen molar-refractivity contribution < 1.29 is 0 Å². The third-order valence-electron chi connectivity index (χ3n) is 12.1. The maximum absolute atomic E-state index is 2.47. The van der Waals surface area contributed by atoms with Crippen LogP contribution >= 0.6 is 22.7 Å². The topological polar surface area (TPSA) is 3.24 Å². The van der Waals surface area contributed by atoms with Gasteiger partial charge in [-0.1, -0.05) is 170 Å². The molecule has 0 spiro atoms. The van der Waals surface area contributed by atoms with Crippen LogP contribution in [-0.2, 0) is 5.41 Å². The third-order valence-corrected chi connectivity index (χ3v) is 14.5. The Morgan fingerprint density at radius 2 is 0.983 bits per heavy atom. The lowest BCUT2D eigenvalue weighted by atomic mass is 9.68. The standard InChI is InChI=1S/C55H35NS2/c1-4-18-37(19-5-1)55(38-20-6-2-7-21-38)46-29-12-10-25-44(46)51-47(55)30-16-31-48(51)56(39-22-8-3-9-23-39)40-24-14-17-36(35-40)41-27-15-28-42-43-33-34-50-52(54(43)58-53(41)42)45-26-11-13-32-49(45)57-50/h1-35H. The maximum atomic E-state index is 2.47. The molecule has 1 aliphatic rings. The molecule has 0 unspecified atom stereocenters. The van der Waals surface area contributed by atoms with Gasteiger partial charge in [-0.2, -0.15) is 0 Å². The number of para-hydroxylation sites is 1. The molecule has 0 atom stereocenters. The van der Waals surface area contributed by atoms with Gasteiger partial charge in [0.05, 0.1) is 11.1 Å². The Morgan fingerprint density at radius 3 is 1.79 bits per heavy atom. The highest BCUT2D eigenvalue weighted by atomic mass is 32.1. The van der Waals surface area contributed by atoms with Gasteiger partial charge in [0.2, 0.25) is 0 Å². The normalized spacial score (nSPS) is 13.0. The number of hydrogen-bond donors (Lipinski definition) is 0. The minimum absolute atomic E-state index is 0.481. The fraction of sp³-hybridized carbons (Fsp3) is 0.0182. The highest BCUT2D eigenvalue weighted by Gasteiger charge is 2.47. The largest absolute Gasteiger partial charge is 0.310 e. The SMILES string of the molecule is c1ccc(N(c2cccc(-c3cccc4c3sc3c4ccc4sc5ccccc5c43)c2)c2cccc3c2-c2ccccc2C3(c2ccccc2)c2ccccc2)cc1. The molecular formula is C55H35NS2. The Kier molecular flexibility index (Phi) is 7.56. The molecule has 0 N–H and O–H groups in total. The van der Waals surface area contributed by atoms with E-state index in [1.807, 2.05) is 22.7 Å². The molecule has 272 valence electrons. The van der Waals surface area contributed by atoms with Crippen molar-refractivity contribution in [2.24, 2.45) is 0 Å². The van der Waals surface area contributed by atoms with E-state index in [0.29, 0.717) is 0 Å². The van der Waals surface area contributed by atoms with Crippen LogP contribution in [0.1, 0.15) is 22.3 Å². The molecule has 12 rings (SSSR count). The zero-order valence-electron chi connectivity index (χ0n) is 31.5. The van der Waals surface area contributed by atoms with Gasteiger partial charge in [-0.15, -0.1) is 22.7 Å². The minimum Gasteiger partial charge on any atom is -0.310 e. The first-order valence-corrected chi connectivity index (χ1v) is 21.5. The summed E-state index contributed by atoms with van der Waals surface area (Å²) < 4.78 is 5.39. The summed E-state index contributed by atoms with van der Waals surface area (Å²) in [5, 5.41) is 5.38. The summed E-state index contributed by atoms with van der Waals surface area (Å²) in [4.78, 5) is 2.47. The van der Waals surface area contributed by atoms with Gasteiger partial charge in [0.25, 0.3) is 0 Å². The monoisotopic (exact) mass is 773 g/mol. The van der Waals surface area contributed by atoms with E-state index in [2.05, 4.69) is 217 Å². The molecule has 0 aliphatic heterocycles. The number of nitrogens with zero attached hydrogens (tertiary/aromatic N) is 1. The van der Waals surface area contributed by atoms with Crippen LogP contribution in [0.15, 0.2) is 212 Å². The van der Waals surface area contributed by atoms with Crippen LogP contribution in [0, 0.1) is 0 Å². The molecule has 0 saturated carbocycles. The van der Waals surface area contributed by atoms with Crippen LogP contribution in [0.25, 0.3) is 62.6 Å². The van der Waals surface area contributed by atoms with Crippen LogP contribution in [0.3, 0.4) is 0 Å². The second kappa shape index (κ2) is 13.1. The molecule has 0 bridgehead atoms. The quantitative estimate of drug-likeness (QED) is 0.163. The summed E-state index contributed by atoms with van der Waals surface area (Å²) in [5.41, 5.74) is 13.0.